The first kappa shape index (κ1) is 26.1. The van der Waals surface area contributed by atoms with Crippen LogP contribution in [0.25, 0.3) is 0 Å². The van der Waals surface area contributed by atoms with Gasteiger partial charge in [0.2, 0.25) is 11.8 Å². The fourth-order valence-electron chi connectivity index (χ4n) is 3.12. The minimum atomic E-state index is -3.85. The van der Waals surface area contributed by atoms with Crippen LogP contribution in [0.1, 0.15) is 90.9 Å². The van der Waals surface area contributed by atoms with Gasteiger partial charge in [-0.05, 0) is 30.7 Å². The van der Waals surface area contributed by atoms with Crippen LogP contribution in [-0.4, -0.2) is 20.2 Å². The van der Waals surface area contributed by atoms with E-state index in [9.17, 15) is 18.0 Å². The zero-order valence-corrected chi connectivity index (χ0v) is 19.2. The third kappa shape index (κ3) is 11.9. The largest absolute Gasteiger partial charge is 0.326 e. The van der Waals surface area contributed by atoms with Gasteiger partial charge in [0.25, 0.3) is 10.0 Å². The monoisotopic (exact) mass is 439 g/mol. The summed E-state index contributed by atoms with van der Waals surface area (Å²) in [4.78, 5) is 25.0. The van der Waals surface area contributed by atoms with Crippen LogP contribution in [0.4, 0.5) is 5.69 Å². The number of sulfonamides is 1. The van der Waals surface area contributed by atoms with Crippen LogP contribution in [0, 0.1) is 0 Å². The minimum absolute atomic E-state index is 0.00611. The molecule has 3 N–H and O–H groups in total. The molecule has 0 saturated heterocycles. The van der Waals surface area contributed by atoms with E-state index in [0.29, 0.717) is 12.1 Å². The molecule has 0 saturated carbocycles. The van der Waals surface area contributed by atoms with Gasteiger partial charge in [-0.15, -0.1) is 4.83 Å². The Hall–Kier alpha value is -1.93. The van der Waals surface area contributed by atoms with E-state index in [2.05, 4.69) is 22.5 Å². The number of hydrazine groups is 1. The molecule has 0 spiro atoms. The van der Waals surface area contributed by atoms with E-state index in [1.807, 2.05) is 0 Å². The van der Waals surface area contributed by atoms with E-state index >= 15 is 0 Å². The first-order valence-electron chi connectivity index (χ1n) is 11.0. The van der Waals surface area contributed by atoms with Crippen molar-refractivity contribution in [3.63, 3.8) is 0 Å². The molecule has 0 unspecified atom stereocenters. The Balaban J connectivity index is 2.15. The van der Waals surface area contributed by atoms with Crippen LogP contribution in [0.2, 0.25) is 0 Å². The molecule has 1 rings (SSSR count). The first-order chi connectivity index (χ1) is 14.3. The molecule has 170 valence electrons. The predicted molar refractivity (Wildman–Crippen MR) is 120 cm³/mol. The summed E-state index contributed by atoms with van der Waals surface area (Å²) in [5, 5.41) is 2.56. The van der Waals surface area contributed by atoms with E-state index in [4.69, 9.17) is 0 Å². The summed E-state index contributed by atoms with van der Waals surface area (Å²) < 4.78 is 24.4. The third-order valence-electron chi connectivity index (χ3n) is 4.82. The molecule has 0 aliphatic carbocycles. The van der Waals surface area contributed by atoms with E-state index in [1.54, 1.807) is 0 Å². The van der Waals surface area contributed by atoms with Crippen LogP contribution >= 0.6 is 0 Å². The number of nitrogens with one attached hydrogen (secondary N) is 3. The van der Waals surface area contributed by atoms with E-state index < -0.39 is 10.0 Å². The fourth-order valence-corrected chi connectivity index (χ4v) is 3.98. The standard InChI is InChI=1S/C22H37N3O4S/c1-3-4-5-6-7-8-9-10-11-12-13-14-22(27)24-25-30(28,29)21-17-15-20(16-18-21)23-19(2)26/h15-18,25H,3-14H2,1-2H3,(H,23,26)(H,24,27). The van der Waals surface area contributed by atoms with Crippen molar-refractivity contribution < 1.29 is 18.0 Å². The number of benzene rings is 1. The summed E-state index contributed by atoms with van der Waals surface area (Å²) in [7, 11) is -3.85. The first-order valence-corrected chi connectivity index (χ1v) is 12.5. The van der Waals surface area contributed by atoms with E-state index in [-0.39, 0.29) is 16.7 Å². The van der Waals surface area contributed by atoms with E-state index in [1.165, 1.54) is 82.6 Å². The van der Waals surface area contributed by atoms with Gasteiger partial charge in [-0.3, -0.25) is 15.0 Å². The molecule has 0 heterocycles. The number of hydrogen-bond acceptors (Lipinski definition) is 4. The topological polar surface area (TPSA) is 104 Å². The molecule has 0 fully saturated rings. The molecular formula is C22H37N3O4S. The molecule has 0 aromatic heterocycles. The lowest BCUT2D eigenvalue weighted by molar-refractivity contribution is -0.121. The molecular weight excluding hydrogens is 402 g/mol. The number of unbranched alkanes of at least 4 members (excludes halogenated alkanes) is 10. The molecule has 8 heteroatoms. The highest BCUT2D eigenvalue weighted by Gasteiger charge is 2.15. The van der Waals surface area contributed by atoms with Gasteiger partial charge in [0.05, 0.1) is 4.90 Å². The summed E-state index contributed by atoms with van der Waals surface area (Å²) in [6, 6.07) is 5.71. The average Bonchev–Trinajstić information content (AvgIpc) is 2.70. The van der Waals surface area contributed by atoms with Gasteiger partial charge in [0.1, 0.15) is 0 Å². The highest BCUT2D eigenvalue weighted by Crippen LogP contribution is 2.14. The van der Waals surface area contributed by atoms with Crippen LogP contribution in [-0.2, 0) is 19.6 Å². The van der Waals surface area contributed by atoms with Gasteiger partial charge in [-0.2, -0.15) is 0 Å². The van der Waals surface area contributed by atoms with Crippen molar-refractivity contribution in [2.45, 2.75) is 95.8 Å². The minimum Gasteiger partial charge on any atom is -0.326 e. The molecule has 7 nitrogen and oxygen atoms in total. The number of carbonyl (C=O) groups excluding carboxylic acids is 2. The van der Waals surface area contributed by atoms with Crippen molar-refractivity contribution in [2.75, 3.05) is 5.32 Å². The lowest BCUT2D eigenvalue weighted by atomic mass is 10.1. The smallest absolute Gasteiger partial charge is 0.257 e. The maximum absolute atomic E-state index is 12.2. The van der Waals surface area contributed by atoms with Gasteiger partial charge >= 0.3 is 0 Å². The number of anilines is 1. The normalized spacial score (nSPS) is 11.3. The van der Waals surface area contributed by atoms with Gasteiger partial charge in [0, 0.05) is 19.0 Å². The molecule has 0 atom stereocenters. The highest BCUT2D eigenvalue weighted by molar-refractivity contribution is 7.89. The Morgan fingerprint density at radius 1 is 0.800 bits per heavy atom. The Labute approximate surface area is 181 Å². The average molecular weight is 440 g/mol. The molecule has 1 aromatic rings. The van der Waals surface area contributed by atoms with Crippen molar-refractivity contribution in [3.05, 3.63) is 24.3 Å². The Morgan fingerprint density at radius 2 is 1.30 bits per heavy atom. The maximum atomic E-state index is 12.2. The summed E-state index contributed by atoms with van der Waals surface area (Å²) in [5.41, 5.74) is 2.76. The number of amides is 2. The van der Waals surface area contributed by atoms with Gasteiger partial charge in [-0.25, -0.2) is 8.42 Å². The summed E-state index contributed by atoms with van der Waals surface area (Å²) in [6.45, 7) is 3.60. The lowest BCUT2D eigenvalue weighted by Gasteiger charge is -2.09. The molecule has 1 aromatic carbocycles. The van der Waals surface area contributed by atoms with Crippen molar-refractivity contribution >= 4 is 27.5 Å². The van der Waals surface area contributed by atoms with Crippen molar-refractivity contribution in [3.8, 4) is 0 Å². The highest BCUT2D eigenvalue weighted by atomic mass is 32.2. The second-order valence-electron chi connectivity index (χ2n) is 7.64. The lowest BCUT2D eigenvalue weighted by Crippen LogP contribution is -2.41. The Bertz CT molecular complexity index is 733. The number of hydrogen-bond donors (Lipinski definition) is 3. The van der Waals surface area contributed by atoms with Gasteiger partial charge < -0.3 is 5.32 Å². The summed E-state index contributed by atoms with van der Waals surface area (Å²) in [6.07, 6.45) is 13.5. The second-order valence-corrected chi connectivity index (χ2v) is 9.33. The number of rotatable bonds is 16. The van der Waals surface area contributed by atoms with E-state index in [0.717, 1.165) is 19.3 Å². The molecule has 2 amide bonds. The fraction of sp³-hybridized carbons (Fsp3) is 0.636. The molecule has 0 aliphatic heterocycles. The molecule has 0 radical (unpaired) electrons. The van der Waals surface area contributed by atoms with Crippen LogP contribution in [0.5, 0.6) is 0 Å². The van der Waals surface area contributed by atoms with Crippen molar-refractivity contribution in [1.29, 1.82) is 0 Å². The van der Waals surface area contributed by atoms with Crippen molar-refractivity contribution in [1.82, 2.24) is 10.3 Å². The SMILES string of the molecule is CCCCCCCCCCCCCC(=O)NNS(=O)(=O)c1ccc(NC(C)=O)cc1. The second kappa shape index (κ2) is 15.0. The summed E-state index contributed by atoms with van der Waals surface area (Å²) >= 11 is 0. The van der Waals surface area contributed by atoms with Gasteiger partial charge in [0.15, 0.2) is 0 Å². The number of carbonyl (C=O) groups is 2. The zero-order chi connectivity index (χ0) is 22.2. The van der Waals surface area contributed by atoms with Crippen LogP contribution in [0.15, 0.2) is 29.2 Å². The third-order valence-corrected chi connectivity index (χ3v) is 6.08. The maximum Gasteiger partial charge on any atom is 0.257 e. The van der Waals surface area contributed by atoms with Crippen LogP contribution < -0.4 is 15.6 Å². The van der Waals surface area contributed by atoms with Crippen molar-refractivity contribution in [2.24, 2.45) is 0 Å². The van der Waals surface area contributed by atoms with Gasteiger partial charge in [-0.1, -0.05) is 71.1 Å². The molecule has 0 bridgehead atoms. The predicted octanol–water partition coefficient (Wildman–Crippen LogP) is 4.66. The Morgan fingerprint density at radius 3 is 1.80 bits per heavy atom. The quantitative estimate of drug-likeness (QED) is 0.257. The summed E-state index contributed by atoms with van der Waals surface area (Å²) in [5.74, 6) is -0.581. The zero-order valence-electron chi connectivity index (χ0n) is 18.3. The molecule has 0 aliphatic rings. The van der Waals surface area contributed by atoms with Crippen LogP contribution in [0.3, 0.4) is 0 Å². The molecule has 30 heavy (non-hydrogen) atoms. The Kier molecular flexibility index (Phi) is 13.0.